The molecule has 3 rings (SSSR count). The van der Waals surface area contributed by atoms with E-state index in [2.05, 4.69) is 33.4 Å². The van der Waals surface area contributed by atoms with Crippen LogP contribution in [0.2, 0.25) is 0 Å². The van der Waals surface area contributed by atoms with E-state index in [1.54, 1.807) is 0 Å². The lowest BCUT2D eigenvalue weighted by Crippen LogP contribution is -2.52. The van der Waals surface area contributed by atoms with Gasteiger partial charge in [0.15, 0.2) is 0 Å². The predicted octanol–water partition coefficient (Wildman–Crippen LogP) is 2.23. The van der Waals surface area contributed by atoms with Gasteiger partial charge in [-0.1, -0.05) is 31.7 Å². The van der Waals surface area contributed by atoms with Crippen LogP contribution < -0.4 is 21.3 Å². The Hall–Kier alpha value is -2.19. The second kappa shape index (κ2) is 13.4. The van der Waals surface area contributed by atoms with Gasteiger partial charge >= 0.3 is 5.97 Å². The normalized spacial score (nSPS) is 19.7. The number of carbonyl (C=O) groups is 2. The number of unbranched alkanes of at least 4 members (excludes halogenated alkanes) is 4. The van der Waals surface area contributed by atoms with Gasteiger partial charge < -0.3 is 26.4 Å². The number of hydrogen-bond donors (Lipinski definition) is 5. The lowest BCUT2D eigenvalue weighted by atomic mass is 10.0. The van der Waals surface area contributed by atoms with E-state index >= 15 is 0 Å². The minimum Gasteiger partial charge on any atom is -0.480 e. The van der Waals surface area contributed by atoms with Gasteiger partial charge in [-0.2, -0.15) is 0 Å². The maximum atomic E-state index is 12.5. The van der Waals surface area contributed by atoms with E-state index in [-0.39, 0.29) is 11.9 Å². The number of carbonyl (C=O) groups excluding carboxylic acids is 1. The van der Waals surface area contributed by atoms with Crippen LogP contribution in [0.25, 0.3) is 0 Å². The summed E-state index contributed by atoms with van der Waals surface area (Å²) in [6.45, 7) is 3.45. The number of pyridine rings is 1. The van der Waals surface area contributed by atoms with Gasteiger partial charge in [0.25, 0.3) is 0 Å². The quantitative estimate of drug-likeness (QED) is 0.332. The van der Waals surface area contributed by atoms with Gasteiger partial charge in [0.05, 0.1) is 6.04 Å². The average Bonchev–Trinajstić information content (AvgIpc) is 2.77. The fraction of sp³-hybridized carbons (Fsp3) is 0.708. The van der Waals surface area contributed by atoms with Crippen LogP contribution in [-0.2, 0) is 22.4 Å². The molecule has 1 aromatic rings. The summed E-state index contributed by atoms with van der Waals surface area (Å²) in [5.41, 5.74) is 2.47. The fourth-order valence-corrected chi connectivity index (χ4v) is 4.44. The van der Waals surface area contributed by atoms with Crippen LogP contribution in [0.15, 0.2) is 12.1 Å². The highest BCUT2D eigenvalue weighted by Crippen LogP contribution is 2.20. The van der Waals surface area contributed by atoms with Crippen LogP contribution in [0.4, 0.5) is 5.82 Å². The van der Waals surface area contributed by atoms with Crippen molar-refractivity contribution in [3.63, 3.8) is 0 Å². The van der Waals surface area contributed by atoms with Crippen molar-refractivity contribution in [2.24, 2.45) is 0 Å². The van der Waals surface area contributed by atoms with Crippen LogP contribution in [0.3, 0.4) is 0 Å². The maximum absolute atomic E-state index is 12.5. The number of aromatic nitrogens is 1. The maximum Gasteiger partial charge on any atom is 0.326 e. The molecule has 0 radical (unpaired) electrons. The Morgan fingerprint density at radius 1 is 1.06 bits per heavy atom. The van der Waals surface area contributed by atoms with E-state index in [0.29, 0.717) is 13.0 Å². The monoisotopic (exact) mass is 445 g/mol. The molecule has 0 aromatic carbocycles. The zero-order chi connectivity index (χ0) is 22.6. The van der Waals surface area contributed by atoms with Crippen molar-refractivity contribution in [3.05, 3.63) is 23.4 Å². The zero-order valence-corrected chi connectivity index (χ0v) is 19.1. The van der Waals surface area contributed by atoms with Gasteiger partial charge in [0.1, 0.15) is 11.9 Å². The molecule has 1 amide bonds. The van der Waals surface area contributed by atoms with Crippen molar-refractivity contribution in [3.8, 4) is 0 Å². The Bertz CT molecular complexity index is 734. The smallest absolute Gasteiger partial charge is 0.326 e. The molecule has 1 fully saturated rings. The first-order valence-corrected chi connectivity index (χ1v) is 12.3. The molecule has 8 nitrogen and oxygen atoms in total. The molecule has 2 unspecified atom stereocenters. The average molecular weight is 446 g/mol. The molecule has 8 heteroatoms. The number of carboxylic acid groups (broad SMARTS) is 1. The number of rotatable bonds is 11. The number of nitrogens with one attached hydrogen (secondary N) is 4. The molecular weight excluding hydrogens is 406 g/mol. The number of nitrogens with zero attached hydrogens (tertiary/aromatic N) is 1. The van der Waals surface area contributed by atoms with Crippen molar-refractivity contribution >= 4 is 17.7 Å². The first kappa shape index (κ1) is 24.5. The van der Waals surface area contributed by atoms with E-state index in [1.807, 2.05) is 0 Å². The molecule has 178 valence electrons. The third-order valence-electron chi connectivity index (χ3n) is 6.35. The van der Waals surface area contributed by atoms with Crippen molar-refractivity contribution in [2.75, 3.05) is 31.5 Å². The lowest BCUT2D eigenvalue weighted by Gasteiger charge is -2.23. The highest BCUT2D eigenvalue weighted by atomic mass is 16.4. The molecule has 0 aliphatic carbocycles. The summed E-state index contributed by atoms with van der Waals surface area (Å²) in [6.07, 6.45) is 10.4. The number of amides is 1. The summed E-state index contributed by atoms with van der Waals surface area (Å²) in [4.78, 5) is 28.9. The van der Waals surface area contributed by atoms with Crippen molar-refractivity contribution in [2.45, 2.75) is 82.7 Å². The third kappa shape index (κ3) is 8.06. The largest absolute Gasteiger partial charge is 0.480 e. The molecule has 0 spiro atoms. The fourth-order valence-electron chi connectivity index (χ4n) is 4.44. The standard InChI is InChI=1S/C24H39N5O3/c30-23(20-11-7-14-25-16-17-26-20)29-21(24(31)32)10-5-3-1-2-4-9-19-13-12-18-8-6-15-27-22(18)28-19/h12-13,20-21,25-26H,1-11,14-17H2,(H,27,28)(H,29,30)(H,31,32). The van der Waals surface area contributed by atoms with Gasteiger partial charge in [-0.05, 0) is 63.1 Å². The Kier molecular flexibility index (Phi) is 10.2. The van der Waals surface area contributed by atoms with Gasteiger partial charge in [0, 0.05) is 25.3 Å². The molecule has 2 aliphatic heterocycles. The van der Waals surface area contributed by atoms with Crippen molar-refractivity contribution in [1.82, 2.24) is 20.9 Å². The summed E-state index contributed by atoms with van der Waals surface area (Å²) >= 11 is 0. The van der Waals surface area contributed by atoms with Crippen LogP contribution in [0, 0.1) is 0 Å². The van der Waals surface area contributed by atoms with Crippen LogP contribution in [0.1, 0.15) is 69.0 Å². The highest BCUT2D eigenvalue weighted by Gasteiger charge is 2.25. The number of carboxylic acids is 1. The number of anilines is 1. The first-order valence-electron chi connectivity index (χ1n) is 12.3. The summed E-state index contributed by atoms with van der Waals surface area (Å²) in [5, 5.41) is 22.1. The van der Waals surface area contributed by atoms with E-state index < -0.39 is 12.0 Å². The Labute approximate surface area is 191 Å². The zero-order valence-electron chi connectivity index (χ0n) is 19.1. The second-order valence-electron chi connectivity index (χ2n) is 8.95. The lowest BCUT2D eigenvalue weighted by molar-refractivity contribution is -0.142. The van der Waals surface area contributed by atoms with E-state index in [1.165, 1.54) is 12.0 Å². The van der Waals surface area contributed by atoms with Gasteiger partial charge in [0.2, 0.25) is 5.91 Å². The molecule has 2 atom stereocenters. The van der Waals surface area contributed by atoms with Gasteiger partial charge in [-0.3, -0.25) is 4.79 Å². The highest BCUT2D eigenvalue weighted by molar-refractivity contribution is 5.86. The Balaban J connectivity index is 1.30. The number of hydrogen-bond acceptors (Lipinski definition) is 6. The SMILES string of the molecule is O=C(O)C(CCCCCCCc1ccc2c(n1)NCCC2)NC(=O)C1CCCNCCN1. The van der Waals surface area contributed by atoms with Gasteiger partial charge in [-0.15, -0.1) is 0 Å². The molecule has 3 heterocycles. The summed E-state index contributed by atoms with van der Waals surface area (Å²) < 4.78 is 0. The molecule has 5 N–H and O–H groups in total. The minimum absolute atomic E-state index is 0.189. The summed E-state index contributed by atoms with van der Waals surface area (Å²) in [7, 11) is 0. The number of fused-ring (bicyclic) bond motifs is 1. The number of aryl methyl sites for hydroxylation is 2. The molecule has 2 aliphatic rings. The molecule has 32 heavy (non-hydrogen) atoms. The molecule has 0 saturated carbocycles. The molecule has 1 saturated heterocycles. The van der Waals surface area contributed by atoms with E-state index in [4.69, 9.17) is 4.98 Å². The van der Waals surface area contributed by atoms with E-state index in [0.717, 1.165) is 88.9 Å². The topological polar surface area (TPSA) is 115 Å². The molecule has 0 bridgehead atoms. The summed E-state index contributed by atoms with van der Waals surface area (Å²) in [6, 6.07) is 3.24. The first-order chi connectivity index (χ1) is 15.6. The third-order valence-corrected chi connectivity index (χ3v) is 6.35. The number of aliphatic carboxylic acids is 1. The molecule has 1 aromatic heterocycles. The Morgan fingerprint density at radius 3 is 2.78 bits per heavy atom. The minimum atomic E-state index is -0.946. The van der Waals surface area contributed by atoms with Crippen LogP contribution in [0.5, 0.6) is 0 Å². The van der Waals surface area contributed by atoms with Gasteiger partial charge in [-0.25, -0.2) is 9.78 Å². The second-order valence-corrected chi connectivity index (χ2v) is 8.95. The van der Waals surface area contributed by atoms with E-state index in [9.17, 15) is 14.7 Å². The van der Waals surface area contributed by atoms with Crippen molar-refractivity contribution < 1.29 is 14.7 Å². The molecular formula is C24H39N5O3. The summed E-state index contributed by atoms with van der Waals surface area (Å²) in [5.74, 6) is -0.0777. The predicted molar refractivity (Wildman–Crippen MR) is 126 cm³/mol. The van der Waals surface area contributed by atoms with Crippen molar-refractivity contribution in [1.29, 1.82) is 0 Å². The van der Waals surface area contributed by atoms with Crippen LogP contribution in [-0.4, -0.2) is 60.2 Å². The van der Waals surface area contributed by atoms with Crippen LogP contribution >= 0.6 is 0 Å². The Morgan fingerprint density at radius 2 is 1.91 bits per heavy atom.